The van der Waals surface area contributed by atoms with Crippen LogP contribution in [0.4, 0.5) is 0 Å². The first-order valence-corrected chi connectivity index (χ1v) is 10.5. The van der Waals surface area contributed by atoms with Gasteiger partial charge in [0.25, 0.3) is 0 Å². The molecule has 0 heterocycles. The van der Waals surface area contributed by atoms with E-state index in [1.807, 2.05) is 18.2 Å². The van der Waals surface area contributed by atoms with Gasteiger partial charge in [0, 0.05) is 30.7 Å². The summed E-state index contributed by atoms with van der Waals surface area (Å²) in [6, 6.07) is 13.8. The standard InChI is InChI=1S/C20H23ClN2O3S/c1-3-23(4-2)27(25,26)18-12-9-16(10-13-18)11-14-20(24)22-15-17-7-5-6-8-19(17)21/h5-14H,3-4,15H2,1-2H3,(H,22,24). The summed E-state index contributed by atoms with van der Waals surface area (Å²) in [6.07, 6.45) is 3.04. The van der Waals surface area contributed by atoms with Gasteiger partial charge in [-0.2, -0.15) is 4.31 Å². The van der Waals surface area contributed by atoms with Gasteiger partial charge >= 0.3 is 0 Å². The molecule has 7 heteroatoms. The number of carbonyl (C=O) groups excluding carboxylic acids is 1. The highest BCUT2D eigenvalue weighted by Gasteiger charge is 2.20. The molecule has 144 valence electrons. The van der Waals surface area contributed by atoms with Crippen LogP contribution in [0.25, 0.3) is 6.08 Å². The molecule has 0 saturated carbocycles. The van der Waals surface area contributed by atoms with Crippen LogP contribution in [0.3, 0.4) is 0 Å². The molecule has 0 radical (unpaired) electrons. The molecule has 5 nitrogen and oxygen atoms in total. The minimum absolute atomic E-state index is 0.242. The maximum Gasteiger partial charge on any atom is 0.244 e. The topological polar surface area (TPSA) is 66.5 Å². The molecule has 2 rings (SSSR count). The molecule has 0 aromatic heterocycles. The fourth-order valence-electron chi connectivity index (χ4n) is 2.52. The summed E-state index contributed by atoms with van der Waals surface area (Å²) in [5.74, 6) is -0.255. The van der Waals surface area contributed by atoms with E-state index >= 15 is 0 Å². The lowest BCUT2D eigenvalue weighted by molar-refractivity contribution is -0.116. The third-order valence-electron chi connectivity index (χ3n) is 4.06. The quantitative estimate of drug-likeness (QED) is 0.679. The van der Waals surface area contributed by atoms with Crippen LogP contribution < -0.4 is 5.32 Å². The molecular weight excluding hydrogens is 384 g/mol. The van der Waals surface area contributed by atoms with Crippen molar-refractivity contribution in [3.8, 4) is 0 Å². The van der Waals surface area contributed by atoms with Crippen molar-refractivity contribution in [1.82, 2.24) is 9.62 Å². The average Bonchev–Trinajstić information content (AvgIpc) is 2.67. The molecule has 0 spiro atoms. The normalized spacial score (nSPS) is 11.9. The van der Waals surface area contributed by atoms with Crippen molar-refractivity contribution in [1.29, 1.82) is 0 Å². The molecule has 2 aromatic rings. The zero-order valence-corrected chi connectivity index (χ0v) is 16.9. The van der Waals surface area contributed by atoms with Gasteiger partial charge in [-0.3, -0.25) is 4.79 Å². The van der Waals surface area contributed by atoms with Crippen molar-refractivity contribution in [2.24, 2.45) is 0 Å². The van der Waals surface area contributed by atoms with Crippen molar-refractivity contribution < 1.29 is 13.2 Å². The largest absolute Gasteiger partial charge is 0.348 e. The van der Waals surface area contributed by atoms with Crippen molar-refractivity contribution in [3.05, 3.63) is 70.8 Å². The van der Waals surface area contributed by atoms with E-state index in [1.54, 1.807) is 50.3 Å². The first-order chi connectivity index (χ1) is 12.9. The predicted octanol–water partition coefficient (Wildman–Crippen LogP) is 3.70. The molecule has 0 atom stereocenters. The molecule has 0 aliphatic heterocycles. The molecule has 0 fully saturated rings. The minimum Gasteiger partial charge on any atom is -0.348 e. The fraction of sp³-hybridized carbons (Fsp3) is 0.250. The van der Waals surface area contributed by atoms with Gasteiger partial charge in [-0.15, -0.1) is 0 Å². The van der Waals surface area contributed by atoms with Gasteiger partial charge in [0.05, 0.1) is 4.90 Å². The summed E-state index contributed by atoms with van der Waals surface area (Å²) < 4.78 is 26.3. The van der Waals surface area contributed by atoms with E-state index in [4.69, 9.17) is 11.6 Å². The van der Waals surface area contributed by atoms with Gasteiger partial charge in [0.15, 0.2) is 0 Å². The number of hydrogen-bond donors (Lipinski definition) is 1. The lowest BCUT2D eigenvalue weighted by Crippen LogP contribution is -2.30. The lowest BCUT2D eigenvalue weighted by Gasteiger charge is -2.18. The lowest BCUT2D eigenvalue weighted by atomic mass is 10.2. The Morgan fingerprint density at radius 1 is 1.07 bits per heavy atom. The molecule has 0 aliphatic carbocycles. The number of hydrogen-bond acceptors (Lipinski definition) is 3. The molecule has 2 aromatic carbocycles. The van der Waals surface area contributed by atoms with Gasteiger partial charge < -0.3 is 5.32 Å². The Kier molecular flexibility index (Phi) is 7.59. The zero-order chi connectivity index (χ0) is 19.9. The zero-order valence-electron chi connectivity index (χ0n) is 15.4. The summed E-state index contributed by atoms with van der Waals surface area (Å²) >= 11 is 6.05. The highest BCUT2D eigenvalue weighted by Crippen LogP contribution is 2.17. The van der Waals surface area contributed by atoms with E-state index in [1.165, 1.54) is 10.4 Å². The number of rotatable bonds is 8. The average molecular weight is 407 g/mol. The van der Waals surface area contributed by atoms with Gasteiger partial charge in [-0.1, -0.05) is 55.8 Å². The summed E-state index contributed by atoms with van der Waals surface area (Å²) in [5, 5.41) is 3.37. The highest BCUT2D eigenvalue weighted by atomic mass is 35.5. The van der Waals surface area contributed by atoms with Crippen molar-refractivity contribution in [2.45, 2.75) is 25.3 Å². The maximum atomic E-state index is 12.5. The van der Waals surface area contributed by atoms with E-state index in [-0.39, 0.29) is 10.8 Å². The monoisotopic (exact) mass is 406 g/mol. The number of amides is 1. The number of halogens is 1. The first kappa shape index (κ1) is 21.2. The summed E-state index contributed by atoms with van der Waals surface area (Å²) in [5.41, 5.74) is 1.58. The summed E-state index contributed by atoms with van der Waals surface area (Å²) in [7, 11) is -3.48. The molecule has 27 heavy (non-hydrogen) atoms. The van der Waals surface area contributed by atoms with E-state index in [2.05, 4.69) is 5.32 Å². The molecule has 1 N–H and O–H groups in total. The number of benzene rings is 2. The molecule has 0 aliphatic rings. The second-order valence-electron chi connectivity index (χ2n) is 5.80. The van der Waals surface area contributed by atoms with Crippen LogP contribution in [0.5, 0.6) is 0 Å². The molecule has 1 amide bonds. The van der Waals surface area contributed by atoms with Crippen LogP contribution in [0.15, 0.2) is 59.5 Å². The highest BCUT2D eigenvalue weighted by molar-refractivity contribution is 7.89. The Morgan fingerprint density at radius 2 is 1.70 bits per heavy atom. The SMILES string of the molecule is CCN(CC)S(=O)(=O)c1ccc(C=CC(=O)NCc2ccccc2Cl)cc1. The first-order valence-electron chi connectivity index (χ1n) is 8.68. The number of carbonyl (C=O) groups is 1. The smallest absolute Gasteiger partial charge is 0.244 e. The minimum atomic E-state index is -3.48. The summed E-state index contributed by atoms with van der Waals surface area (Å²) in [4.78, 5) is 12.2. The third kappa shape index (κ3) is 5.66. The molecule has 0 unspecified atom stereocenters. The maximum absolute atomic E-state index is 12.5. The van der Waals surface area contributed by atoms with Crippen molar-refractivity contribution in [2.75, 3.05) is 13.1 Å². The Labute approximate surface area is 165 Å². The van der Waals surface area contributed by atoms with Crippen LogP contribution in [-0.2, 0) is 21.4 Å². The molecule has 0 bridgehead atoms. The van der Waals surface area contributed by atoms with E-state index in [0.717, 1.165) is 11.1 Å². The van der Waals surface area contributed by atoms with Gasteiger partial charge in [0.1, 0.15) is 0 Å². The van der Waals surface area contributed by atoms with Gasteiger partial charge in [-0.05, 0) is 35.4 Å². The van der Waals surface area contributed by atoms with Crippen molar-refractivity contribution >= 4 is 33.6 Å². The third-order valence-corrected chi connectivity index (χ3v) is 6.49. The van der Waals surface area contributed by atoms with Crippen molar-refractivity contribution in [3.63, 3.8) is 0 Å². The van der Waals surface area contributed by atoms with Crippen LogP contribution >= 0.6 is 11.6 Å². The van der Waals surface area contributed by atoms with Crippen LogP contribution in [0.2, 0.25) is 5.02 Å². The van der Waals surface area contributed by atoms with Crippen LogP contribution in [0.1, 0.15) is 25.0 Å². The Balaban J connectivity index is 1.99. The van der Waals surface area contributed by atoms with Crippen LogP contribution in [-0.4, -0.2) is 31.7 Å². The second kappa shape index (κ2) is 9.69. The second-order valence-corrected chi connectivity index (χ2v) is 8.15. The molecular formula is C20H23ClN2O3S. The van der Waals surface area contributed by atoms with Crippen LogP contribution in [0, 0.1) is 0 Å². The number of nitrogens with zero attached hydrogens (tertiary/aromatic N) is 1. The van der Waals surface area contributed by atoms with E-state index in [0.29, 0.717) is 24.7 Å². The number of sulfonamides is 1. The van der Waals surface area contributed by atoms with Gasteiger partial charge in [-0.25, -0.2) is 8.42 Å². The predicted molar refractivity (Wildman–Crippen MR) is 109 cm³/mol. The summed E-state index contributed by atoms with van der Waals surface area (Å²) in [6.45, 7) is 4.79. The van der Waals surface area contributed by atoms with Gasteiger partial charge in [0.2, 0.25) is 15.9 Å². The van der Waals surface area contributed by atoms with E-state index in [9.17, 15) is 13.2 Å². The Hall–Kier alpha value is -2.15. The van der Waals surface area contributed by atoms with E-state index < -0.39 is 10.0 Å². The Bertz CT molecular complexity index is 905. The number of nitrogens with one attached hydrogen (secondary N) is 1. The fourth-order valence-corrected chi connectivity index (χ4v) is 4.18. The Morgan fingerprint density at radius 3 is 2.30 bits per heavy atom. The molecule has 0 saturated heterocycles.